The maximum Gasteiger partial charge on any atom is 0.210 e. The van der Waals surface area contributed by atoms with Crippen LogP contribution < -0.4 is 0 Å². The summed E-state index contributed by atoms with van der Waals surface area (Å²) in [4.78, 5) is 13.1. The van der Waals surface area contributed by atoms with E-state index < -0.39 is 0 Å². The predicted octanol–water partition coefficient (Wildman–Crippen LogP) is 2.08. The standard InChI is InChI=1S/C15H17N3O/c1-11-13-5-3-4-6-14(13)15(9-18(11)10-19)12-7-16-17(2)8-12/h3-8,10-11,15H,9H2,1-2H3/t11-,15+/m0/s1. The summed E-state index contributed by atoms with van der Waals surface area (Å²) in [6, 6.07) is 8.50. The summed E-state index contributed by atoms with van der Waals surface area (Å²) in [5.41, 5.74) is 3.70. The third-order valence-corrected chi connectivity index (χ3v) is 3.97. The molecule has 2 aromatic rings. The van der Waals surface area contributed by atoms with Crippen molar-refractivity contribution in [3.8, 4) is 0 Å². The van der Waals surface area contributed by atoms with Crippen LogP contribution in [0.2, 0.25) is 0 Å². The molecule has 1 aromatic carbocycles. The van der Waals surface area contributed by atoms with Gasteiger partial charge < -0.3 is 4.90 Å². The molecule has 3 rings (SSSR count). The van der Waals surface area contributed by atoms with Gasteiger partial charge in [0.2, 0.25) is 6.41 Å². The van der Waals surface area contributed by atoms with E-state index >= 15 is 0 Å². The number of nitrogens with zero attached hydrogens (tertiary/aromatic N) is 3. The Morgan fingerprint density at radius 3 is 2.68 bits per heavy atom. The minimum Gasteiger partial charge on any atom is -0.338 e. The van der Waals surface area contributed by atoms with Crippen molar-refractivity contribution < 1.29 is 4.79 Å². The Bertz CT molecular complexity index is 605. The van der Waals surface area contributed by atoms with Crippen molar-refractivity contribution in [2.45, 2.75) is 18.9 Å². The summed E-state index contributed by atoms with van der Waals surface area (Å²) in [6.07, 6.45) is 4.87. The molecule has 4 heteroatoms. The van der Waals surface area contributed by atoms with E-state index in [9.17, 15) is 4.79 Å². The Kier molecular flexibility index (Phi) is 2.85. The van der Waals surface area contributed by atoms with Crippen molar-refractivity contribution in [3.63, 3.8) is 0 Å². The minimum absolute atomic E-state index is 0.140. The van der Waals surface area contributed by atoms with Gasteiger partial charge in [0.1, 0.15) is 0 Å². The number of amides is 1. The van der Waals surface area contributed by atoms with Crippen molar-refractivity contribution in [2.24, 2.45) is 7.05 Å². The first-order chi connectivity index (χ1) is 9.20. The Labute approximate surface area is 112 Å². The maximum atomic E-state index is 11.3. The first kappa shape index (κ1) is 12.0. The van der Waals surface area contributed by atoms with Crippen LogP contribution >= 0.6 is 0 Å². The summed E-state index contributed by atoms with van der Waals surface area (Å²) in [5, 5.41) is 4.24. The Morgan fingerprint density at radius 2 is 2.05 bits per heavy atom. The summed E-state index contributed by atoms with van der Waals surface area (Å²) in [7, 11) is 1.92. The van der Waals surface area contributed by atoms with Gasteiger partial charge in [0.05, 0.1) is 12.2 Å². The van der Waals surface area contributed by atoms with Crippen molar-refractivity contribution in [3.05, 3.63) is 53.3 Å². The molecule has 0 unspecified atom stereocenters. The predicted molar refractivity (Wildman–Crippen MR) is 72.7 cm³/mol. The highest BCUT2D eigenvalue weighted by Gasteiger charge is 2.30. The molecule has 0 N–H and O–H groups in total. The molecule has 0 bridgehead atoms. The smallest absolute Gasteiger partial charge is 0.210 e. The second-order valence-corrected chi connectivity index (χ2v) is 5.11. The molecule has 0 aliphatic carbocycles. The largest absolute Gasteiger partial charge is 0.338 e. The van der Waals surface area contributed by atoms with Gasteiger partial charge in [-0.05, 0) is 23.6 Å². The minimum atomic E-state index is 0.140. The Hall–Kier alpha value is -2.10. The van der Waals surface area contributed by atoms with E-state index in [-0.39, 0.29) is 12.0 Å². The number of carbonyl (C=O) groups is 1. The zero-order valence-electron chi connectivity index (χ0n) is 11.2. The molecule has 4 nitrogen and oxygen atoms in total. The number of fused-ring (bicyclic) bond motifs is 1. The molecule has 19 heavy (non-hydrogen) atoms. The Balaban J connectivity index is 2.10. The van der Waals surface area contributed by atoms with E-state index in [0.29, 0.717) is 6.54 Å². The highest BCUT2D eigenvalue weighted by atomic mass is 16.1. The average Bonchev–Trinajstić information content (AvgIpc) is 2.86. The molecule has 1 aliphatic heterocycles. The molecule has 1 aromatic heterocycles. The monoisotopic (exact) mass is 255 g/mol. The second kappa shape index (κ2) is 4.53. The van der Waals surface area contributed by atoms with E-state index in [1.165, 1.54) is 11.1 Å². The number of rotatable bonds is 2. The number of hydrogen-bond acceptors (Lipinski definition) is 2. The summed E-state index contributed by atoms with van der Waals surface area (Å²) < 4.78 is 1.81. The van der Waals surface area contributed by atoms with Crippen molar-refractivity contribution in [2.75, 3.05) is 6.54 Å². The van der Waals surface area contributed by atoms with Crippen LogP contribution in [0.1, 0.15) is 35.6 Å². The fraction of sp³-hybridized carbons (Fsp3) is 0.333. The van der Waals surface area contributed by atoms with Crippen LogP contribution in [0.15, 0.2) is 36.7 Å². The number of benzene rings is 1. The van der Waals surface area contributed by atoms with Gasteiger partial charge in [-0.2, -0.15) is 5.10 Å². The van der Waals surface area contributed by atoms with Crippen molar-refractivity contribution in [1.29, 1.82) is 0 Å². The number of carbonyl (C=O) groups excluding carboxylic acids is 1. The van der Waals surface area contributed by atoms with Crippen LogP contribution in [0.5, 0.6) is 0 Å². The summed E-state index contributed by atoms with van der Waals surface area (Å²) >= 11 is 0. The van der Waals surface area contributed by atoms with E-state index in [1.54, 1.807) is 4.68 Å². The van der Waals surface area contributed by atoms with E-state index in [1.807, 2.05) is 30.4 Å². The zero-order chi connectivity index (χ0) is 13.4. The normalized spacial score (nSPS) is 22.1. The van der Waals surface area contributed by atoms with Gasteiger partial charge in [0.25, 0.3) is 0 Å². The first-order valence-corrected chi connectivity index (χ1v) is 6.49. The molecule has 0 saturated heterocycles. The molecular weight excluding hydrogens is 238 g/mol. The Morgan fingerprint density at radius 1 is 1.32 bits per heavy atom. The van der Waals surface area contributed by atoms with Gasteiger partial charge in [-0.25, -0.2) is 0 Å². The van der Waals surface area contributed by atoms with E-state index in [0.717, 1.165) is 12.0 Å². The van der Waals surface area contributed by atoms with Gasteiger partial charge in [-0.15, -0.1) is 0 Å². The van der Waals surface area contributed by atoms with Gasteiger partial charge in [-0.1, -0.05) is 24.3 Å². The molecule has 0 radical (unpaired) electrons. The molecular formula is C15H17N3O. The molecule has 98 valence electrons. The van der Waals surface area contributed by atoms with Crippen LogP contribution in [-0.4, -0.2) is 27.6 Å². The van der Waals surface area contributed by atoms with Gasteiger partial charge >= 0.3 is 0 Å². The summed E-state index contributed by atoms with van der Waals surface area (Å²) in [6.45, 7) is 2.79. The highest BCUT2D eigenvalue weighted by molar-refractivity contribution is 5.53. The lowest BCUT2D eigenvalue weighted by Gasteiger charge is -2.37. The topological polar surface area (TPSA) is 38.1 Å². The van der Waals surface area contributed by atoms with E-state index in [2.05, 4.69) is 30.2 Å². The van der Waals surface area contributed by atoms with Gasteiger partial charge in [0.15, 0.2) is 0 Å². The first-order valence-electron chi connectivity index (χ1n) is 6.49. The molecule has 1 amide bonds. The van der Waals surface area contributed by atoms with Crippen LogP contribution in [-0.2, 0) is 11.8 Å². The molecule has 0 saturated carbocycles. The maximum absolute atomic E-state index is 11.3. The summed E-state index contributed by atoms with van der Waals surface area (Å²) in [5.74, 6) is 0.214. The van der Waals surface area contributed by atoms with E-state index in [4.69, 9.17) is 0 Å². The lowest BCUT2D eigenvalue weighted by atomic mass is 9.83. The second-order valence-electron chi connectivity index (χ2n) is 5.11. The fourth-order valence-electron chi connectivity index (χ4n) is 2.89. The third-order valence-electron chi connectivity index (χ3n) is 3.97. The van der Waals surface area contributed by atoms with Gasteiger partial charge in [0, 0.05) is 25.7 Å². The average molecular weight is 255 g/mol. The lowest BCUT2D eigenvalue weighted by molar-refractivity contribution is -0.120. The SMILES string of the molecule is C[C@H]1c2ccccc2[C@@H](c2cnn(C)c2)CN1C=O. The van der Waals surface area contributed by atoms with Crippen molar-refractivity contribution in [1.82, 2.24) is 14.7 Å². The number of hydrogen-bond donors (Lipinski definition) is 0. The van der Waals surface area contributed by atoms with Crippen LogP contribution in [0.3, 0.4) is 0 Å². The molecule has 0 spiro atoms. The molecule has 0 fully saturated rings. The molecule has 2 atom stereocenters. The van der Waals surface area contributed by atoms with Gasteiger partial charge in [-0.3, -0.25) is 9.48 Å². The van der Waals surface area contributed by atoms with Crippen LogP contribution in [0.4, 0.5) is 0 Å². The fourth-order valence-corrected chi connectivity index (χ4v) is 2.89. The highest BCUT2D eigenvalue weighted by Crippen LogP contribution is 2.38. The third kappa shape index (κ3) is 1.93. The van der Waals surface area contributed by atoms with Crippen molar-refractivity contribution >= 4 is 6.41 Å². The van der Waals surface area contributed by atoms with Crippen LogP contribution in [0, 0.1) is 0 Å². The molecule has 2 heterocycles. The zero-order valence-corrected chi connectivity index (χ0v) is 11.2. The number of aryl methyl sites for hydroxylation is 1. The molecule has 1 aliphatic rings. The number of aromatic nitrogens is 2. The quantitative estimate of drug-likeness (QED) is 0.771. The lowest BCUT2D eigenvalue weighted by Crippen LogP contribution is -2.35. The van der Waals surface area contributed by atoms with Crippen LogP contribution in [0.25, 0.3) is 0 Å².